The summed E-state index contributed by atoms with van der Waals surface area (Å²) in [7, 11) is 0. The zero-order valence-corrected chi connectivity index (χ0v) is 22.1. The Morgan fingerprint density at radius 1 is 1.26 bits per heavy atom. The van der Waals surface area contributed by atoms with Gasteiger partial charge < -0.3 is 15.4 Å². The van der Waals surface area contributed by atoms with Crippen molar-refractivity contribution in [2.45, 2.75) is 38.2 Å². The van der Waals surface area contributed by atoms with Crippen LogP contribution in [0.1, 0.15) is 18.9 Å². The monoisotopic (exact) mass is 581 g/mol. The van der Waals surface area contributed by atoms with E-state index in [0.717, 1.165) is 0 Å². The van der Waals surface area contributed by atoms with Gasteiger partial charge >= 0.3 is 6.61 Å². The number of ether oxygens (including phenoxy) is 1. The molecule has 2 heterocycles. The zero-order valence-electron chi connectivity index (χ0n) is 20.6. The summed E-state index contributed by atoms with van der Waals surface area (Å²) in [5, 5.41) is 21.7. The molecule has 0 aliphatic carbocycles. The van der Waals surface area contributed by atoms with Crippen LogP contribution in [0.2, 0.25) is 10.0 Å². The third-order valence-corrected chi connectivity index (χ3v) is 6.96. The highest BCUT2D eigenvalue weighted by atomic mass is 35.5. The summed E-state index contributed by atoms with van der Waals surface area (Å²) < 4.78 is 43.8. The number of likely N-dealkylation sites (tertiary alicyclic amines) is 1. The number of hydrazone groups is 1. The number of halogens is 5. The molecule has 2 aromatic rings. The second kappa shape index (κ2) is 12.5. The molecule has 1 saturated heterocycles. The summed E-state index contributed by atoms with van der Waals surface area (Å²) in [6.45, 7) is -0.406. The topological polar surface area (TPSA) is 105 Å². The maximum Gasteiger partial charge on any atom is 0.387 e. The van der Waals surface area contributed by atoms with Crippen LogP contribution in [0.4, 0.5) is 18.9 Å². The van der Waals surface area contributed by atoms with Crippen LogP contribution in [0.25, 0.3) is 0 Å². The van der Waals surface area contributed by atoms with E-state index in [1.807, 2.05) is 6.92 Å². The minimum Gasteiger partial charge on any atom is -0.435 e. The number of hydrogen-bond acceptors (Lipinski definition) is 6. The number of alkyl halides is 3. The molecule has 3 atom stereocenters. The summed E-state index contributed by atoms with van der Waals surface area (Å²) in [4.78, 5) is 18.8. The molecule has 14 heteroatoms. The van der Waals surface area contributed by atoms with E-state index in [1.165, 1.54) is 23.2 Å². The van der Waals surface area contributed by atoms with Crippen LogP contribution in [0.15, 0.2) is 52.6 Å². The first-order chi connectivity index (χ1) is 18.7. The van der Waals surface area contributed by atoms with E-state index in [1.54, 1.807) is 35.4 Å². The van der Waals surface area contributed by atoms with Gasteiger partial charge in [0.05, 0.1) is 34.4 Å². The minimum atomic E-state index is -3.01. The fourth-order valence-electron chi connectivity index (χ4n) is 4.48. The van der Waals surface area contributed by atoms with Gasteiger partial charge in [-0.15, -0.1) is 4.99 Å². The van der Waals surface area contributed by atoms with Crippen molar-refractivity contribution >= 4 is 46.5 Å². The molecule has 1 fully saturated rings. The van der Waals surface area contributed by atoms with Crippen LogP contribution in [-0.2, 0) is 4.79 Å². The summed E-state index contributed by atoms with van der Waals surface area (Å²) >= 11 is 12.3. The van der Waals surface area contributed by atoms with E-state index in [0.29, 0.717) is 28.5 Å². The molecule has 0 spiro atoms. The number of nitriles is 1. The lowest BCUT2D eigenvalue weighted by Crippen LogP contribution is -2.51. The quantitative estimate of drug-likeness (QED) is 0.284. The number of aliphatic imine (C=N–C) groups is 1. The van der Waals surface area contributed by atoms with Gasteiger partial charge in [-0.25, -0.2) is 9.40 Å². The lowest BCUT2D eigenvalue weighted by molar-refractivity contribution is -0.125. The van der Waals surface area contributed by atoms with Gasteiger partial charge in [0.25, 0.3) is 0 Å². The van der Waals surface area contributed by atoms with Crippen molar-refractivity contribution in [3.05, 3.63) is 58.1 Å². The van der Waals surface area contributed by atoms with E-state index in [-0.39, 0.29) is 42.1 Å². The number of carbonyl (C=O) groups is 1. The second-order valence-corrected chi connectivity index (χ2v) is 9.57. The van der Waals surface area contributed by atoms with Gasteiger partial charge in [0.15, 0.2) is 0 Å². The van der Waals surface area contributed by atoms with Crippen molar-refractivity contribution in [2.75, 3.05) is 25.0 Å². The average molecular weight is 582 g/mol. The van der Waals surface area contributed by atoms with Gasteiger partial charge in [0.1, 0.15) is 11.9 Å². The van der Waals surface area contributed by atoms with Gasteiger partial charge in [-0.1, -0.05) is 42.3 Å². The third-order valence-electron chi connectivity index (χ3n) is 6.22. The van der Waals surface area contributed by atoms with Crippen molar-refractivity contribution in [1.29, 1.82) is 5.26 Å². The Balaban J connectivity index is 1.62. The van der Waals surface area contributed by atoms with Gasteiger partial charge in [0, 0.05) is 30.3 Å². The number of carbonyl (C=O) groups excluding carboxylic acids is 1. The molecule has 0 aromatic heterocycles. The summed E-state index contributed by atoms with van der Waals surface area (Å²) in [5.41, 5.74) is 1.27. The number of anilines is 1. The summed E-state index contributed by atoms with van der Waals surface area (Å²) in [5.74, 6) is -0.484. The number of nitrogens with one attached hydrogen (secondary N) is 2. The van der Waals surface area contributed by atoms with E-state index in [4.69, 9.17) is 23.2 Å². The van der Waals surface area contributed by atoms with Gasteiger partial charge in [0.2, 0.25) is 18.1 Å². The molecular formula is C25H24Cl2F3N7O2. The van der Waals surface area contributed by atoms with Crippen LogP contribution >= 0.6 is 23.2 Å². The number of hydrogen-bond donors (Lipinski definition) is 2. The Hall–Kier alpha value is -3.53. The number of nitrogens with zero attached hydrogens (tertiary/aromatic N) is 5. The molecule has 0 radical (unpaired) electrons. The van der Waals surface area contributed by atoms with Crippen LogP contribution in [0, 0.1) is 11.5 Å². The zero-order chi connectivity index (χ0) is 28.1. The molecule has 206 valence electrons. The predicted octanol–water partition coefficient (Wildman–Crippen LogP) is 4.48. The number of amides is 1. The maximum atomic E-state index is 14.1. The molecule has 4 rings (SSSR count). The van der Waals surface area contributed by atoms with E-state index < -0.39 is 24.9 Å². The maximum absolute atomic E-state index is 14.1. The van der Waals surface area contributed by atoms with Crippen molar-refractivity contribution < 1.29 is 22.7 Å². The van der Waals surface area contributed by atoms with Crippen molar-refractivity contribution in [2.24, 2.45) is 10.1 Å². The first-order valence-electron chi connectivity index (χ1n) is 12.0. The molecule has 0 unspecified atom stereocenters. The minimum absolute atomic E-state index is 0.0270. The molecule has 1 amide bonds. The van der Waals surface area contributed by atoms with Crippen LogP contribution < -0.4 is 15.4 Å². The first-order valence-corrected chi connectivity index (χ1v) is 12.7. The molecule has 2 aromatic carbocycles. The van der Waals surface area contributed by atoms with Gasteiger partial charge in [-0.05, 0) is 30.8 Å². The molecule has 2 N–H and O–H groups in total. The van der Waals surface area contributed by atoms with Crippen LogP contribution in [-0.4, -0.2) is 72.0 Å². The fourth-order valence-corrected chi connectivity index (χ4v) is 4.77. The number of rotatable bonds is 7. The highest BCUT2D eigenvalue weighted by molar-refractivity contribution is 6.42. The van der Waals surface area contributed by atoms with Crippen LogP contribution in [0.3, 0.4) is 0 Å². The summed E-state index contributed by atoms with van der Waals surface area (Å²) in [6.07, 6.45) is 0.665. The van der Waals surface area contributed by atoms with E-state index in [9.17, 15) is 23.2 Å². The van der Waals surface area contributed by atoms with Crippen LogP contribution in [0.5, 0.6) is 5.75 Å². The van der Waals surface area contributed by atoms with Crippen molar-refractivity contribution in [3.63, 3.8) is 0 Å². The molecule has 0 saturated carbocycles. The highest BCUT2D eigenvalue weighted by Crippen LogP contribution is 2.27. The molecule has 9 nitrogen and oxygen atoms in total. The first kappa shape index (κ1) is 28.5. The van der Waals surface area contributed by atoms with Crippen molar-refractivity contribution in [1.82, 2.24) is 15.2 Å². The lowest BCUT2D eigenvalue weighted by atomic mass is 10.0. The predicted molar refractivity (Wildman–Crippen MR) is 142 cm³/mol. The Kier molecular flexibility index (Phi) is 9.16. The molecule has 2 aliphatic heterocycles. The SMILES string of the molecule is CCN1C[C@H](F)C[C@@H]1C(=O)N[C@@H]1CN(C(=NC#N)Nc2cccc(OC(F)F)c2)N=C1c1ccc(Cl)c(Cl)c1. The largest absolute Gasteiger partial charge is 0.435 e. The van der Waals surface area contributed by atoms with Gasteiger partial charge in [-0.3, -0.25) is 9.69 Å². The second-order valence-electron chi connectivity index (χ2n) is 8.76. The fraction of sp³-hybridized carbons (Fsp3) is 0.360. The number of likely N-dealkylation sites (N-methyl/N-ethyl adjacent to an activating group) is 1. The Morgan fingerprint density at radius 2 is 2.05 bits per heavy atom. The Labute approximate surface area is 232 Å². The molecular weight excluding hydrogens is 558 g/mol. The standard InChI is InChI=1S/C25H24Cl2F3N7O2/c1-2-36-11-15(28)9-21(36)23(38)34-20-12-37(35-22(20)14-6-7-18(26)19(27)8-14)25(32-13-31)33-16-4-3-5-17(10-16)39-24(29)30/h3-8,10,15,20-21,24H,2,9,11-12H2,1H3,(H,32,33)(H,34,38)/t15-,20-,21-/m1/s1. The van der Waals surface area contributed by atoms with Gasteiger partial charge in [-0.2, -0.15) is 19.1 Å². The Bertz CT molecular complexity index is 1320. The smallest absolute Gasteiger partial charge is 0.387 e. The van der Waals surface area contributed by atoms with E-state index >= 15 is 0 Å². The molecule has 39 heavy (non-hydrogen) atoms. The number of benzene rings is 2. The normalized spacial score (nSPS) is 21.6. The lowest BCUT2D eigenvalue weighted by Gasteiger charge is -2.24. The Morgan fingerprint density at radius 3 is 2.74 bits per heavy atom. The number of guanidine groups is 1. The average Bonchev–Trinajstić information content (AvgIpc) is 3.48. The highest BCUT2D eigenvalue weighted by Gasteiger charge is 2.39. The third kappa shape index (κ3) is 6.92. The van der Waals surface area contributed by atoms with Crippen molar-refractivity contribution in [3.8, 4) is 11.9 Å². The summed E-state index contributed by atoms with van der Waals surface area (Å²) in [6, 6.07) is 9.25. The molecule has 0 bridgehead atoms. The van der Waals surface area contributed by atoms with E-state index in [2.05, 4.69) is 25.5 Å². The molecule has 2 aliphatic rings.